The molecule has 146 valence electrons. The minimum atomic E-state index is -0.346. The van der Waals surface area contributed by atoms with E-state index < -0.39 is 0 Å². The molecular weight excluding hydrogens is 337 g/mol. The summed E-state index contributed by atoms with van der Waals surface area (Å²) in [5, 5.41) is 3.30. The van der Waals surface area contributed by atoms with Gasteiger partial charge in [0.1, 0.15) is 6.61 Å². The van der Waals surface area contributed by atoms with Gasteiger partial charge in [-0.25, -0.2) is 4.39 Å². The van der Waals surface area contributed by atoms with Gasteiger partial charge in [0.05, 0.1) is 19.8 Å². The van der Waals surface area contributed by atoms with Gasteiger partial charge in [-0.05, 0) is 25.0 Å². The number of nitrogens with one attached hydrogen (secondary N) is 1. The third-order valence-electron chi connectivity index (χ3n) is 4.22. The van der Waals surface area contributed by atoms with Crippen LogP contribution in [0.3, 0.4) is 0 Å². The van der Waals surface area contributed by atoms with E-state index in [-0.39, 0.29) is 11.6 Å². The minimum absolute atomic E-state index is 0.272. The fourth-order valence-electron chi connectivity index (χ4n) is 2.68. The van der Waals surface area contributed by atoms with Crippen molar-refractivity contribution in [3.8, 4) is 5.75 Å². The molecule has 1 unspecified atom stereocenters. The number of likely N-dealkylation sites (N-methyl/N-ethyl adjacent to an activating group) is 1. The van der Waals surface area contributed by atoms with Crippen LogP contribution in [-0.2, 0) is 9.47 Å². The first kappa shape index (κ1) is 20.5. The first-order valence-corrected chi connectivity index (χ1v) is 9.15. The summed E-state index contributed by atoms with van der Waals surface area (Å²) in [6, 6.07) is 6.41. The standard InChI is InChI=1S/C19H30FN3O3/c1-21-19(22-9-5-11-24-14-16-8-12-25-15-16)23(2)10-13-26-18-7-4-3-6-17(18)20/h3-4,6-7,16H,5,8-15H2,1-2H3,(H,21,22). The lowest BCUT2D eigenvalue weighted by Crippen LogP contribution is -2.41. The number of hydrogen-bond donors (Lipinski definition) is 1. The van der Waals surface area contributed by atoms with E-state index in [1.807, 2.05) is 11.9 Å². The summed E-state index contributed by atoms with van der Waals surface area (Å²) < 4.78 is 30.0. The van der Waals surface area contributed by atoms with Crippen LogP contribution in [-0.4, -0.2) is 71.1 Å². The lowest BCUT2D eigenvalue weighted by atomic mass is 10.1. The summed E-state index contributed by atoms with van der Waals surface area (Å²) >= 11 is 0. The maximum absolute atomic E-state index is 13.5. The van der Waals surface area contributed by atoms with Crippen molar-refractivity contribution < 1.29 is 18.6 Å². The normalized spacial score (nSPS) is 17.3. The number of halogens is 1. The molecule has 1 atom stereocenters. The second-order valence-electron chi connectivity index (χ2n) is 6.33. The Hall–Kier alpha value is -1.86. The second kappa shape index (κ2) is 11.7. The number of guanidine groups is 1. The Morgan fingerprint density at radius 2 is 2.23 bits per heavy atom. The largest absolute Gasteiger partial charge is 0.489 e. The Morgan fingerprint density at radius 3 is 2.96 bits per heavy atom. The molecule has 6 nitrogen and oxygen atoms in total. The number of ether oxygens (including phenoxy) is 3. The highest BCUT2D eigenvalue weighted by molar-refractivity contribution is 5.79. The van der Waals surface area contributed by atoms with Gasteiger partial charge in [0, 0.05) is 39.8 Å². The summed E-state index contributed by atoms with van der Waals surface area (Å²) in [5.74, 6) is 1.26. The highest BCUT2D eigenvalue weighted by atomic mass is 19.1. The highest BCUT2D eigenvalue weighted by Crippen LogP contribution is 2.15. The Bertz CT molecular complexity index is 551. The van der Waals surface area contributed by atoms with Crippen LogP contribution in [0.4, 0.5) is 4.39 Å². The Kier molecular flexibility index (Phi) is 9.20. The quantitative estimate of drug-likeness (QED) is 0.390. The fraction of sp³-hybridized carbons (Fsp3) is 0.632. The van der Waals surface area contributed by atoms with Crippen molar-refractivity contribution in [1.82, 2.24) is 10.2 Å². The van der Waals surface area contributed by atoms with Gasteiger partial charge >= 0.3 is 0 Å². The first-order valence-electron chi connectivity index (χ1n) is 9.15. The smallest absolute Gasteiger partial charge is 0.193 e. The molecule has 2 rings (SSSR count). The van der Waals surface area contributed by atoms with Crippen LogP contribution in [0.2, 0.25) is 0 Å². The maximum atomic E-state index is 13.5. The zero-order chi connectivity index (χ0) is 18.6. The number of aliphatic imine (C=N–C) groups is 1. The monoisotopic (exact) mass is 367 g/mol. The number of rotatable bonds is 10. The number of nitrogens with zero attached hydrogens (tertiary/aromatic N) is 2. The zero-order valence-electron chi connectivity index (χ0n) is 15.7. The van der Waals surface area contributed by atoms with Gasteiger partial charge in [-0.2, -0.15) is 0 Å². The molecule has 1 saturated heterocycles. The molecule has 1 N–H and O–H groups in total. The summed E-state index contributed by atoms with van der Waals surface area (Å²) in [7, 11) is 3.67. The molecule has 1 aliphatic rings. The maximum Gasteiger partial charge on any atom is 0.193 e. The lowest BCUT2D eigenvalue weighted by molar-refractivity contribution is 0.0887. The van der Waals surface area contributed by atoms with Gasteiger partial charge in [0.2, 0.25) is 0 Å². The average Bonchev–Trinajstić information content (AvgIpc) is 3.16. The Balaban J connectivity index is 1.56. The lowest BCUT2D eigenvalue weighted by Gasteiger charge is -2.22. The van der Waals surface area contributed by atoms with Crippen molar-refractivity contribution >= 4 is 5.96 Å². The van der Waals surface area contributed by atoms with Gasteiger partial charge in [-0.1, -0.05) is 12.1 Å². The van der Waals surface area contributed by atoms with Gasteiger partial charge in [0.15, 0.2) is 17.5 Å². The molecule has 1 aromatic carbocycles. The first-order chi connectivity index (χ1) is 12.7. The molecule has 0 radical (unpaired) electrons. The molecule has 1 aliphatic heterocycles. The molecule has 0 aliphatic carbocycles. The average molecular weight is 367 g/mol. The van der Waals surface area contributed by atoms with Crippen LogP contribution in [0.15, 0.2) is 29.3 Å². The molecule has 0 aromatic heterocycles. The number of hydrogen-bond acceptors (Lipinski definition) is 4. The molecule has 0 spiro atoms. The van der Waals surface area contributed by atoms with Crippen LogP contribution < -0.4 is 10.1 Å². The van der Waals surface area contributed by atoms with Crippen LogP contribution in [0.1, 0.15) is 12.8 Å². The molecule has 26 heavy (non-hydrogen) atoms. The molecule has 0 bridgehead atoms. The topological polar surface area (TPSA) is 55.3 Å². The van der Waals surface area contributed by atoms with E-state index in [1.165, 1.54) is 6.07 Å². The van der Waals surface area contributed by atoms with Crippen molar-refractivity contribution in [3.63, 3.8) is 0 Å². The third-order valence-corrected chi connectivity index (χ3v) is 4.22. The van der Waals surface area contributed by atoms with E-state index in [2.05, 4.69) is 10.3 Å². The molecule has 0 saturated carbocycles. The van der Waals surface area contributed by atoms with Crippen LogP contribution in [0.25, 0.3) is 0 Å². The molecule has 1 aromatic rings. The van der Waals surface area contributed by atoms with Crippen molar-refractivity contribution in [2.24, 2.45) is 10.9 Å². The summed E-state index contributed by atoms with van der Waals surface area (Å²) in [6.07, 6.45) is 2.01. The van der Waals surface area contributed by atoms with Gasteiger partial charge in [0.25, 0.3) is 0 Å². The molecule has 7 heteroatoms. The van der Waals surface area contributed by atoms with Crippen molar-refractivity contribution in [2.45, 2.75) is 12.8 Å². The number of para-hydroxylation sites is 1. The van der Waals surface area contributed by atoms with Crippen LogP contribution in [0, 0.1) is 11.7 Å². The van der Waals surface area contributed by atoms with Crippen molar-refractivity contribution in [2.75, 3.05) is 60.2 Å². The van der Waals surface area contributed by atoms with Crippen LogP contribution >= 0.6 is 0 Å². The Labute approximate surface area is 155 Å². The SMILES string of the molecule is CN=C(NCCCOCC1CCOC1)N(C)CCOc1ccccc1F. The fourth-order valence-corrected chi connectivity index (χ4v) is 2.68. The molecule has 1 fully saturated rings. The molecular formula is C19H30FN3O3. The van der Waals surface area contributed by atoms with Crippen molar-refractivity contribution in [1.29, 1.82) is 0 Å². The number of benzene rings is 1. The van der Waals surface area contributed by atoms with E-state index in [1.54, 1.807) is 25.2 Å². The molecule has 0 amide bonds. The van der Waals surface area contributed by atoms with Gasteiger partial charge < -0.3 is 24.4 Å². The second-order valence-corrected chi connectivity index (χ2v) is 6.33. The van der Waals surface area contributed by atoms with Crippen LogP contribution in [0.5, 0.6) is 5.75 Å². The minimum Gasteiger partial charge on any atom is -0.489 e. The third kappa shape index (κ3) is 7.17. The van der Waals surface area contributed by atoms with E-state index in [4.69, 9.17) is 14.2 Å². The van der Waals surface area contributed by atoms with E-state index in [0.29, 0.717) is 19.1 Å². The van der Waals surface area contributed by atoms with Crippen molar-refractivity contribution in [3.05, 3.63) is 30.1 Å². The summed E-state index contributed by atoms with van der Waals surface area (Å²) in [4.78, 5) is 6.21. The summed E-state index contributed by atoms with van der Waals surface area (Å²) in [5.41, 5.74) is 0. The zero-order valence-corrected chi connectivity index (χ0v) is 15.7. The van der Waals surface area contributed by atoms with Gasteiger partial charge in [-0.3, -0.25) is 4.99 Å². The highest BCUT2D eigenvalue weighted by Gasteiger charge is 2.15. The van der Waals surface area contributed by atoms with Gasteiger partial charge in [-0.15, -0.1) is 0 Å². The summed E-state index contributed by atoms with van der Waals surface area (Å²) in [6.45, 7) is 4.95. The molecule has 1 heterocycles. The van der Waals surface area contributed by atoms with E-state index in [0.717, 1.165) is 51.8 Å². The Morgan fingerprint density at radius 1 is 1.38 bits per heavy atom. The predicted molar refractivity (Wildman–Crippen MR) is 100 cm³/mol. The van der Waals surface area contributed by atoms with E-state index >= 15 is 0 Å². The van der Waals surface area contributed by atoms with E-state index in [9.17, 15) is 4.39 Å². The predicted octanol–water partition coefficient (Wildman–Crippen LogP) is 2.15.